The standard InChI is InChI=1S/C19H18N4O.CH4O3S/c1-11-7-8-13(12(2)9-11)17-10-15(18(24)23-19(20)21)14-5-3-4-6-16(14)22-17;1-5(2,3)4/h3-10H,1-2H3,(H4,20,21,23,24);1H3,(H,2,3,4). The van der Waals surface area contributed by atoms with Gasteiger partial charge in [-0.2, -0.15) is 8.42 Å². The highest BCUT2D eigenvalue weighted by Gasteiger charge is 2.15. The van der Waals surface area contributed by atoms with Crippen LogP contribution in [0.1, 0.15) is 21.5 Å². The molecular formula is C20H22N4O4S. The average Bonchev–Trinajstić information content (AvgIpc) is 2.58. The highest BCUT2D eigenvalue weighted by Crippen LogP contribution is 2.27. The maximum atomic E-state index is 12.4. The van der Waals surface area contributed by atoms with Crippen molar-refractivity contribution < 1.29 is 17.8 Å². The van der Waals surface area contributed by atoms with Crippen LogP contribution in [0, 0.1) is 19.3 Å². The van der Waals surface area contributed by atoms with E-state index in [4.69, 9.17) is 20.7 Å². The van der Waals surface area contributed by atoms with Crippen LogP contribution in [-0.2, 0) is 10.1 Å². The maximum Gasteiger partial charge on any atom is 0.261 e. The fraction of sp³-hybridized carbons (Fsp3) is 0.150. The van der Waals surface area contributed by atoms with E-state index in [1.807, 2.05) is 50.2 Å². The van der Waals surface area contributed by atoms with E-state index >= 15 is 0 Å². The highest BCUT2D eigenvalue weighted by atomic mass is 32.2. The van der Waals surface area contributed by atoms with Crippen LogP contribution in [0.2, 0.25) is 0 Å². The third kappa shape index (κ3) is 6.37. The fourth-order valence-electron chi connectivity index (χ4n) is 2.79. The first-order valence-electron chi connectivity index (χ1n) is 8.51. The van der Waals surface area contributed by atoms with Gasteiger partial charge in [-0.15, -0.1) is 0 Å². The number of carbonyl (C=O) groups excluding carboxylic acids is 1. The number of hydrogen-bond acceptors (Lipinski definition) is 5. The number of carbonyl (C=O) groups is 1. The number of benzene rings is 2. The molecule has 0 aliphatic heterocycles. The van der Waals surface area contributed by atoms with Gasteiger partial charge in [0, 0.05) is 10.9 Å². The average molecular weight is 414 g/mol. The molecule has 8 nitrogen and oxygen atoms in total. The van der Waals surface area contributed by atoms with E-state index in [1.54, 1.807) is 6.07 Å². The van der Waals surface area contributed by atoms with Gasteiger partial charge in [-0.05, 0) is 31.5 Å². The second-order valence-electron chi connectivity index (χ2n) is 6.49. The van der Waals surface area contributed by atoms with Gasteiger partial charge in [-0.25, -0.2) is 4.98 Å². The summed E-state index contributed by atoms with van der Waals surface area (Å²) >= 11 is 0. The fourth-order valence-corrected chi connectivity index (χ4v) is 2.79. The summed E-state index contributed by atoms with van der Waals surface area (Å²) < 4.78 is 25.9. The number of guanidine groups is 1. The van der Waals surface area contributed by atoms with Crippen molar-refractivity contribution in [2.75, 3.05) is 6.26 Å². The Morgan fingerprint density at radius 3 is 2.34 bits per heavy atom. The van der Waals surface area contributed by atoms with E-state index in [-0.39, 0.29) is 5.96 Å². The van der Waals surface area contributed by atoms with Crippen molar-refractivity contribution in [1.82, 2.24) is 10.3 Å². The van der Waals surface area contributed by atoms with Gasteiger partial charge in [-0.1, -0.05) is 42.0 Å². The van der Waals surface area contributed by atoms with Crippen molar-refractivity contribution >= 4 is 32.9 Å². The minimum atomic E-state index is -3.67. The topological polar surface area (TPSA) is 146 Å². The van der Waals surface area contributed by atoms with Crippen LogP contribution in [0.15, 0.2) is 48.5 Å². The monoisotopic (exact) mass is 414 g/mol. The summed E-state index contributed by atoms with van der Waals surface area (Å²) in [4.78, 5) is 17.1. The van der Waals surface area contributed by atoms with Gasteiger partial charge < -0.3 is 5.73 Å². The Balaban J connectivity index is 0.000000537. The molecule has 0 saturated heterocycles. The van der Waals surface area contributed by atoms with E-state index in [2.05, 4.69) is 11.4 Å². The Labute approximate surface area is 169 Å². The number of aryl methyl sites for hydroxylation is 2. The van der Waals surface area contributed by atoms with Gasteiger partial charge >= 0.3 is 0 Å². The molecule has 1 heterocycles. The molecule has 0 fully saturated rings. The molecule has 0 aliphatic rings. The molecule has 0 atom stereocenters. The van der Waals surface area contributed by atoms with Crippen LogP contribution in [0.25, 0.3) is 22.2 Å². The lowest BCUT2D eigenvalue weighted by atomic mass is 9.99. The zero-order valence-electron chi connectivity index (χ0n) is 16.2. The summed E-state index contributed by atoms with van der Waals surface area (Å²) in [5.41, 5.74) is 10.4. The van der Waals surface area contributed by atoms with Crippen molar-refractivity contribution in [3.63, 3.8) is 0 Å². The van der Waals surface area contributed by atoms with E-state index in [1.165, 1.54) is 5.56 Å². The predicted molar refractivity (Wildman–Crippen MR) is 114 cm³/mol. The number of nitrogens with two attached hydrogens (primary N) is 1. The number of fused-ring (bicyclic) bond motifs is 1. The van der Waals surface area contributed by atoms with Crippen LogP contribution in [0.4, 0.5) is 0 Å². The molecule has 5 N–H and O–H groups in total. The number of pyridine rings is 1. The predicted octanol–water partition coefficient (Wildman–Crippen LogP) is 2.65. The SMILES string of the molecule is CS(=O)(=O)O.Cc1ccc(-c2cc(C(=O)NC(=N)N)c3ccccc3n2)c(C)c1. The number of para-hydroxylation sites is 1. The number of nitrogens with zero attached hydrogens (tertiary/aromatic N) is 1. The largest absolute Gasteiger partial charge is 0.370 e. The Hall–Kier alpha value is -3.30. The van der Waals surface area contributed by atoms with Gasteiger partial charge in [0.05, 0.1) is 23.0 Å². The molecule has 0 aliphatic carbocycles. The van der Waals surface area contributed by atoms with Crippen LogP contribution in [0.5, 0.6) is 0 Å². The molecule has 0 spiro atoms. The first-order valence-corrected chi connectivity index (χ1v) is 10.4. The normalized spacial score (nSPS) is 10.8. The lowest BCUT2D eigenvalue weighted by Gasteiger charge is -2.11. The van der Waals surface area contributed by atoms with Crippen molar-refractivity contribution in [3.05, 3.63) is 65.2 Å². The van der Waals surface area contributed by atoms with Gasteiger partial charge in [0.25, 0.3) is 16.0 Å². The van der Waals surface area contributed by atoms with Crippen LogP contribution in [0.3, 0.4) is 0 Å². The minimum absolute atomic E-state index is 0.381. The molecule has 152 valence electrons. The molecule has 0 unspecified atom stereocenters. The molecule has 9 heteroatoms. The summed E-state index contributed by atoms with van der Waals surface area (Å²) in [6, 6.07) is 15.3. The van der Waals surface area contributed by atoms with Crippen molar-refractivity contribution in [1.29, 1.82) is 5.41 Å². The minimum Gasteiger partial charge on any atom is -0.370 e. The molecule has 3 aromatic rings. The second kappa shape index (κ2) is 8.80. The molecule has 1 amide bonds. The van der Waals surface area contributed by atoms with Crippen molar-refractivity contribution in [3.8, 4) is 11.3 Å². The third-order valence-corrected chi connectivity index (χ3v) is 3.87. The molecule has 1 aromatic heterocycles. The number of amides is 1. The summed E-state index contributed by atoms with van der Waals surface area (Å²) in [6.07, 6.45) is 0.715. The summed E-state index contributed by atoms with van der Waals surface area (Å²) in [6.45, 7) is 4.06. The lowest BCUT2D eigenvalue weighted by molar-refractivity contribution is 0.0978. The van der Waals surface area contributed by atoms with Gasteiger partial charge in [0.2, 0.25) is 0 Å². The van der Waals surface area contributed by atoms with E-state index < -0.39 is 16.0 Å². The Morgan fingerprint density at radius 1 is 1.14 bits per heavy atom. The molecular weight excluding hydrogens is 392 g/mol. The summed E-state index contributed by atoms with van der Waals surface area (Å²) in [5, 5.41) is 10.4. The summed E-state index contributed by atoms with van der Waals surface area (Å²) in [7, 11) is -3.67. The zero-order chi connectivity index (χ0) is 21.8. The quantitative estimate of drug-likeness (QED) is 0.288. The van der Waals surface area contributed by atoms with Crippen molar-refractivity contribution in [2.45, 2.75) is 13.8 Å². The van der Waals surface area contributed by atoms with E-state index in [9.17, 15) is 13.2 Å². The van der Waals surface area contributed by atoms with Crippen LogP contribution < -0.4 is 11.1 Å². The second-order valence-corrected chi connectivity index (χ2v) is 7.96. The number of nitrogens with one attached hydrogen (secondary N) is 2. The number of rotatable bonds is 2. The Morgan fingerprint density at radius 2 is 1.76 bits per heavy atom. The first kappa shape index (κ1) is 22.0. The molecule has 0 bridgehead atoms. The maximum absolute atomic E-state index is 12.4. The lowest BCUT2D eigenvalue weighted by Crippen LogP contribution is -2.35. The molecule has 0 saturated carbocycles. The Bertz CT molecular complexity index is 1180. The molecule has 2 aromatic carbocycles. The third-order valence-electron chi connectivity index (χ3n) is 3.87. The van der Waals surface area contributed by atoms with E-state index in [0.717, 1.165) is 27.7 Å². The van der Waals surface area contributed by atoms with Crippen LogP contribution >= 0.6 is 0 Å². The first-order chi connectivity index (χ1) is 13.5. The van der Waals surface area contributed by atoms with Gasteiger partial charge in [0.15, 0.2) is 5.96 Å². The van der Waals surface area contributed by atoms with Crippen LogP contribution in [-0.4, -0.2) is 36.1 Å². The molecule has 3 rings (SSSR count). The molecule has 0 radical (unpaired) electrons. The number of hydrogen-bond donors (Lipinski definition) is 4. The van der Waals surface area contributed by atoms with Gasteiger partial charge in [0.1, 0.15) is 0 Å². The zero-order valence-corrected chi connectivity index (χ0v) is 17.0. The van der Waals surface area contributed by atoms with E-state index in [0.29, 0.717) is 11.8 Å². The van der Waals surface area contributed by atoms with Crippen molar-refractivity contribution in [2.24, 2.45) is 5.73 Å². The Kier molecular flexibility index (Phi) is 6.68. The smallest absolute Gasteiger partial charge is 0.261 e. The van der Waals surface area contributed by atoms with Gasteiger partial charge in [-0.3, -0.25) is 20.1 Å². The highest BCUT2D eigenvalue weighted by molar-refractivity contribution is 7.85. The summed E-state index contributed by atoms with van der Waals surface area (Å²) in [5.74, 6) is -0.791. The number of aromatic nitrogens is 1. The molecule has 29 heavy (non-hydrogen) atoms.